The van der Waals surface area contributed by atoms with E-state index in [0.29, 0.717) is 5.69 Å². The number of carbonyl (C=O) groups excluding carboxylic acids is 1. The van der Waals surface area contributed by atoms with E-state index in [9.17, 15) is 23.7 Å². The van der Waals surface area contributed by atoms with Crippen LogP contribution in [0, 0.1) is 10.1 Å². The summed E-state index contributed by atoms with van der Waals surface area (Å²) in [6.07, 6.45) is 0. The predicted molar refractivity (Wildman–Crippen MR) is 95.7 cm³/mol. The molecule has 0 aliphatic rings. The lowest BCUT2D eigenvalue weighted by atomic mass is 10.1. The molecule has 138 valence electrons. The Labute approximate surface area is 152 Å². The van der Waals surface area contributed by atoms with E-state index in [2.05, 4.69) is 10.1 Å². The Hall–Kier alpha value is -2.68. The average molecular weight is 382 g/mol. The minimum atomic E-state index is -2.90. The van der Waals surface area contributed by atoms with Crippen LogP contribution in [-0.2, 0) is 4.79 Å². The van der Waals surface area contributed by atoms with Crippen LogP contribution in [0.5, 0.6) is 5.75 Å². The third-order valence-electron chi connectivity index (χ3n) is 3.38. The Morgan fingerprint density at radius 3 is 2.58 bits per heavy atom. The highest BCUT2D eigenvalue weighted by Gasteiger charge is 2.13. The maximum atomic E-state index is 12.1. The van der Waals surface area contributed by atoms with E-state index >= 15 is 0 Å². The van der Waals surface area contributed by atoms with Crippen molar-refractivity contribution in [2.45, 2.75) is 18.8 Å². The van der Waals surface area contributed by atoms with Crippen LogP contribution in [0.3, 0.4) is 0 Å². The smallest absolute Gasteiger partial charge is 0.387 e. The molecule has 0 bridgehead atoms. The Morgan fingerprint density at radius 2 is 1.96 bits per heavy atom. The second kappa shape index (κ2) is 9.14. The molecule has 0 aromatic heterocycles. The molecule has 1 N–H and O–H groups in total. The number of non-ortho nitro benzene ring substituents is 1. The van der Waals surface area contributed by atoms with Gasteiger partial charge in [0.2, 0.25) is 5.91 Å². The number of nitrogens with one attached hydrogen (secondary N) is 1. The van der Waals surface area contributed by atoms with Gasteiger partial charge in [-0.25, -0.2) is 0 Å². The summed E-state index contributed by atoms with van der Waals surface area (Å²) >= 11 is 1.33. The molecule has 6 nitrogen and oxygen atoms in total. The van der Waals surface area contributed by atoms with Crippen molar-refractivity contribution in [3.63, 3.8) is 0 Å². The first-order chi connectivity index (χ1) is 12.3. The summed E-state index contributed by atoms with van der Waals surface area (Å²) < 4.78 is 28.4. The van der Waals surface area contributed by atoms with Crippen molar-refractivity contribution in [2.75, 3.05) is 11.1 Å². The van der Waals surface area contributed by atoms with Gasteiger partial charge in [0.05, 0.1) is 10.7 Å². The Balaban J connectivity index is 1.86. The number of halogens is 2. The van der Waals surface area contributed by atoms with E-state index in [0.717, 1.165) is 5.56 Å². The number of nitro groups is 1. The summed E-state index contributed by atoms with van der Waals surface area (Å²) in [6.45, 7) is -1.05. The summed E-state index contributed by atoms with van der Waals surface area (Å²) in [5.41, 5.74) is 1.22. The number of hydrogen-bond acceptors (Lipinski definition) is 5. The van der Waals surface area contributed by atoms with Gasteiger partial charge in [0.15, 0.2) is 0 Å². The molecule has 2 aromatic rings. The molecule has 0 unspecified atom stereocenters. The van der Waals surface area contributed by atoms with Gasteiger partial charge in [-0.2, -0.15) is 8.78 Å². The fourth-order valence-corrected chi connectivity index (χ4v) is 2.92. The maximum Gasteiger partial charge on any atom is 0.387 e. The SMILES string of the molecule is C[C@H](SCC(=O)Nc1ccc(OC(F)F)cc1)c1cccc([N+](=O)[O-])c1. The molecule has 0 aliphatic heterocycles. The van der Waals surface area contributed by atoms with Crippen molar-refractivity contribution in [3.05, 3.63) is 64.2 Å². The van der Waals surface area contributed by atoms with Gasteiger partial charge in [0.25, 0.3) is 5.69 Å². The highest BCUT2D eigenvalue weighted by atomic mass is 32.2. The Morgan fingerprint density at radius 1 is 1.27 bits per heavy atom. The number of nitro benzene ring substituents is 1. The number of carbonyl (C=O) groups is 1. The van der Waals surface area contributed by atoms with E-state index in [1.54, 1.807) is 12.1 Å². The summed E-state index contributed by atoms with van der Waals surface area (Å²) in [6, 6.07) is 11.9. The lowest BCUT2D eigenvalue weighted by molar-refractivity contribution is -0.384. The topological polar surface area (TPSA) is 81.5 Å². The molecule has 9 heteroatoms. The lowest BCUT2D eigenvalue weighted by Gasteiger charge is -2.12. The number of hydrogen-bond donors (Lipinski definition) is 1. The van der Waals surface area contributed by atoms with Gasteiger partial charge in [-0.3, -0.25) is 14.9 Å². The van der Waals surface area contributed by atoms with Gasteiger partial charge >= 0.3 is 6.61 Å². The monoisotopic (exact) mass is 382 g/mol. The number of thioether (sulfide) groups is 1. The van der Waals surface area contributed by atoms with Crippen LogP contribution in [0.25, 0.3) is 0 Å². The van der Waals surface area contributed by atoms with E-state index < -0.39 is 11.5 Å². The molecular formula is C17H16F2N2O4S. The van der Waals surface area contributed by atoms with Crippen LogP contribution in [-0.4, -0.2) is 23.2 Å². The number of ether oxygens (including phenoxy) is 1. The van der Waals surface area contributed by atoms with Crippen LogP contribution in [0.4, 0.5) is 20.2 Å². The van der Waals surface area contributed by atoms with Crippen molar-refractivity contribution in [2.24, 2.45) is 0 Å². The fraction of sp³-hybridized carbons (Fsp3) is 0.235. The maximum absolute atomic E-state index is 12.1. The predicted octanol–water partition coefficient (Wildman–Crippen LogP) is 4.63. The van der Waals surface area contributed by atoms with Crippen molar-refractivity contribution in [3.8, 4) is 5.75 Å². The average Bonchev–Trinajstić information content (AvgIpc) is 2.61. The summed E-state index contributed by atoms with van der Waals surface area (Å²) in [7, 11) is 0. The van der Waals surface area contributed by atoms with Crippen molar-refractivity contribution in [1.82, 2.24) is 0 Å². The minimum absolute atomic E-state index is 0.00510. The van der Waals surface area contributed by atoms with Crippen LogP contribution < -0.4 is 10.1 Å². The number of alkyl halides is 2. The third-order valence-corrected chi connectivity index (χ3v) is 4.58. The molecule has 0 aliphatic carbocycles. The fourth-order valence-electron chi connectivity index (χ4n) is 2.10. The number of nitrogens with zero attached hydrogens (tertiary/aromatic N) is 1. The Kier molecular flexibility index (Phi) is 6.90. The number of amides is 1. The summed E-state index contributed by atoms with van der Waals surface area (Å²) in [4.78, 5) is 22.3. The molecule has 1 atom stereocenters. The molecule has 26 heavy (non-hydrogen) atoms. The second-order valence-corrected chi connectivity index (χ2v) is 6.59. The zero-order valence-corrected chi connectivity index (χ0v) is 14.5. The molecule has 2 aromatic carbocycles. The van der Waals surface area contributed by atoms with Gasteiger partial charge in [-0.1, -0.05) is 12.1 Å². The quantitative estimate of drug-likeness (QED) is 0.532. The summed E-state index contributed by atoms with van der Waals surface area (Å²) in [5.74, 6) is -0.124. The zero-order chi connectivity index (χ0) is 19.1. The molecule has 0 radical (unpaired) electrons. The largest absolute Gasteiger partial charge is 0.435 e. The van der Waals surface area contributed by atoms with Crippen LogP contribution in [0.2, 0.25) is 0 Å². The molecule has 0 fully saturated rings. The number of anilines is 1. The van der Waals surface area contributed by atoms with E-state index in [-0.39, 0.29) is 28.3 Å². The first-order valence-corrected chi connectivity index (χ1v) is 8.60. The standard InChI is InChI=1S/C17H16F2N2O4S/c1-11(12-3-2-4-14(9-12)21(23)24)26-10-16(22)20-13-5-7-15(8-6-13)25-17(18)19/h2-9,11,17H,10H2,1H3,(H,20,22)/t11-/m0/s1. The van der Waals surface area contributed by atoms with Crippen LogP contribution in [0.15, 0.2) is 48.5 Å². The Bertz CT molecular complexity index is 772. The highest BCUT2D eigenvalue weighted by Crippen LogP contribution is 2.30. The minimum Gasteiger partial charge on any atom is -0.435 e. The zero-order valence-electron chi connectivity index (χ0n) is 13.7. The van der Waals surface area contributed by atoms with Gasteiger partial charge in [0, 0.05) is 23.1 Å². The number of benzene rings is 2. The molecule has 2 rings (SSSR count). The lowest BCUT2D eigenvalue weighted by Crippen LogP contribution is -2.14. The van der Waals surface area contributed by atoms with Crippen LogP contribution in [0.1, 0.15) is 17.7 Å². The van der Waals surface area contributed by atoms with E-state index in [1.807, 2.05) is 6.92 Å². The highest BCUT2D eigenvalue weighted by molar-refractivity contribution is 8.00. The molecule has 0 heterocycles. The molecule has 0 spiro atoms. The van der Waals surface area contributed by atoms with Crippen LogP contribution >= 0.6 is 11.8 Å². The van der Waals surface area contributed by atoms with Gasteiger partial charge in [-0.15, -0.1) is 11.8 Å². The first-order valence-electron chi connectivity index (χ1n) is 7.56. The van der Waals surface area contributed by atoms with Crippen molar-refractivity contribution >= 4 is 29.0 Å². The van der Waals surface area contributed by atoms with E-state index in [1.165, 1.54) is 48.2 Å². The number of rotatable bonds is 8. The van der Waals surface area contributed by atoms with Gasteiger partial charge in [-0.05, 0) is 36.8 Å². The van der Waals surface area contributed by atoms with Gasteiger partial charge in [0.1, 0.15) is 5.75 Å². The normalized spacial score (nSPS) is 11.8. The van der Waals surface area contributed by atoms with Crippen molar-refractivity contribution in [1.29, 1.82) is 0 Å². The van der Waals surface area contributed by atoms with E-state index in [4.69, 9.17) is 0 Å². The molecule has 0 saturated carbocycles. The summed E-state index contributed by atoms with van der Waals surface area (Å²) in [5, 5.41) is 13.4. The molecule has 0 saturated heterocycles. The molecule has 1 amide bonds. The second-order valence-electron chi connectivity index (χ2n) is 5.26. The first kappa shape index (κ1) is 19.6. The molecular weight excluding hydrogens is 366 g/mol. The van der Waals surface area contributed by atoms with Gasteiger partial charge < -0.3 is 10.1 Å². The van der Waals surface area contributed by atoms with Crippen molar-refractivity contribution < 1.29 is 23.2 Å². The third kappa shape index (κ3) is 5.99.